The Morgan fingerprint density at radius 2 is 1.97 bits per heavy atom. The van der Waals surface area contributed by atoms with Crippen LogP contribution < -0.4 is 9.47 Å². The van der Waals surface area contributed by atoms with E-state index < -0.39 is 5.72 Å². The van der Waals surface area contributed by atoms with Gasteiger partial charge in [-0.15, -0.1) is 11.3 Å². The lowest BCUT2D eigenvalue weighted by Gasteiger charge is -2.53. The van der Waals surface area contributed by atoms with Crippen LogP contribution in [-0.2, 0) is 11.4 Å². The molecular formula is C26H29N3O3S. The zero-order chi connectivity index (χ0) is 22.6. The summed E-state index contributed by atoms with van der Waals surface area (Å²) in [6.45, 7) is 6.00. The predicted octanol–water partition coefficient (Wildman–Crippen LogP) is 4.84. The minimum Gasteiger partial charge on any atom is -0.497 e. The van der Waals surface area contributed by atoms with Crippen molar-refractivity contribution >= 4 is 27.3 Å². The van der Waals surface area contributed by atoms with Crippen LogP contribution >= 0.6 is 11.3 Å². The van der Waals surface area contributed by atoms with Gasteiger partial charge in [-0.2, -0.15) is 0 Å². The molecule has 0 unspecified atom stereocenters. The quantitative estimate of drug-likeness (QED) is 0.542. The predicted molar refractivity (Wildman–Crippen MR) is 131 cm³/mol. The first-order chi connectivity index (χ1) is 16.1. The Kier molecular flexibility index (Phi) is 4.99. The maximum Gasteiger partial charge on any atom is 0.227 e. The van der Waals surface area contributed by atoms with E-state index in [4.69, 9.17) is 19.5 Å². The van der Waals surface area contributed by atoms with E-state index in [2.05, 4.69) is 46.4 Å². The number of rotatable bonds is 5. The van der Waals surface area contributed by atoms with E-state index in [1.807, 2.05) is 12.1 Å². The Morgan fingerprint density at radius 1 is 1.12 bits per heavy atom. The van der Waals surface area contributed by atoms with Crippen molar-refractivity contribution in [1.82, 2.24) is 9.80 Å². The van der Waals surface area contributed by atoms with E-state index in [-0.39, 0.29) is 0 Å². The van der Waals surface area contributed by atoms with E-state index in [0.717, 1.165) is 60.9 Å². The van der Waals surface area contributed by atoms with E-state index in [0.29, 0.717) is 12.5 Å². The topological polar surface area (TPSA) is 46.5 Å². The van der Waals surface area contributed by atoms with E-state index in [1.165, 1.54) is 15.6 Å². The monoisotopic (exact) mass is 463 g/mol. The molecule has 0 radical (unpaired) electrons. The third-order valence-corrected chi connectivity index (χ3v) is 8.59. The van der Waals surface area contributed by atoms with Crippen LogP contribution in [0.4, 0.5) is 0 Å². The van der Waals surface area contributed by atoms with Gasteiger partial charge in [0.1, 0.15) is 11.5 Å². The summed E-state index contributed by atoms with van der Waals surface area (Å²) in [5, 5.41) is 8.27. The number of ether oxygens (including phenoxy) is 2. The summed E-state index contributed by atoms with van der Waals surface area (Å²) in [6, 6.07) is 12.7. The maximum atomic E-state index is 6.41. The van der Waals surface area contributed by atoms with Crippen LogP contribution in [0.1, 0.15) is 29.5 Å². The van der Waals surface area contributed by atoms with Gasteiger partial charge in [0.05, 0.1) is 27.3 Å². The van der Waals surface area contributed by atoms with Crippen LogP contribution in [0.5, 0.6) is 11.5 Å². The number of oxime groups is 1. The fourth-order valence-electron chi connectivity index (χ4n) is 5.67. The number of aryl methyl sites for hydroxylation is 1. The van der Waals surface area contributed by atoms with Gasteiger partial charge < -0.3 is 19.2 Å². The SMILES string of the molecule is COc1ccc(CN2C(c3ccc4c(C)csc4c3)=NO[C@]23CN2CCC3CC2)c(OC)c1. The van der Waals surface area contributed by atoms with Gasteiger partial charge in [-0.3, -0.25) is 4.90 Å². The van der Waals surface area contributed by atoms with Crippen molar-refractivity contribution in [2.24, 2.45) is 11.1 Å². The second kappa shape index (κ2) is 7.92. The first kappa shape index (κ1) is 20.8. The van der Waals surface area contributed by atoms with E-state index in [9.17, 15) is 0 Å². The molecule has 0 N–H and O–H groups in total. The maximum absolute atomic E-state index is 6.41. The van der Waals surface area contributed by atoms with Gasteiger partial charge in [-0.1, -0.05) is 17.3 Å². The Balaban J connectivity index is 1.42. The van der Waals surface area contributed by atoms with Gasteiger partial charge in [0, 0.05) is 27.8 Å². The molecular weight excluding hydrogens is 434 g/mol. The molecule has 6 nitrogen and oxygen atoms in total. The molecule has 1 atom stereocenters. The highest BCUT2D eigenvalue weighted by molar-refractivity contribution is 7.17. The van der Waals surface area contributed by atoms with Crippen molar-refractivity contribution < 1.29 is 14.3 Å². The van der Waals surface area contributed by atoms with E-state index >= 15 is 0 Å². The van der Waals surface area contributed by atoms with Crippen molar-refractivity contribution in [3.05, 3.63) is 58.5 Å². The normalized spacial score (nSPS) is 26.0. The summed E-state index contributed by atoms with van der Waals surface area (Å²) >= 11 is 1.78. The van der Waals surface area contributed by atoms with Crippen LogP contribution in [0.2, 0.25) is 0 Å². The molecule has 4 aliphatic rings. The molecule has 2 bridgehead atoms. The zero-order valence-corrected chi connectivity index (χ0v) is 20.2. The number of hydrogen-bond donors (Lipinski definition) is 0. The van der Waals surface area contributed by atoms with Gasteiger partial charge >= 0.3 is 0 Å². The summed E-state index contributed by atoms with van der Waals surface area (Å²) in [4.78, 5) is 11.3. The molecule has 33 heavy (non-hydrogen) atoms. The van der Waals surface area contributed by atoms with Crippen molar-refractivity contribution in [2.75, 3.05) is 33.9 Å². The fraction of sp³-hybridized carbons (Fsp3) is 0.423. The molecule has 3 saturated heterocycles. The molecule has 7 heteroatoms. The standard InChI is InChI=1S/C26H29N3O3S/c1-17-15-33-24-12-18(5-7-22(17)24)25-27-32-26(16-28-10-8-20(26)9-11-28)29(25)14-19-4-6-21(30-2)13-23(19)31-3/h4-7,12-13,15,20H,8-11,14,16H2,1-3H3/t26-/m0/s1. The smallest absolute Gasteiger partial charge is 0.227 e. The zero-order valence-electron chi connectivity index (χ0n) is 19.3. The number of benzene rings is 2. The molecule has 3 aromatic rings. The van der Waals surface area contributed by atoms with Crippen LogP contribution in [-0.4, -0.2) is 55.2 Å². The molecule has 5 heterocycles. The lowest BCUT2D eigenvalue weighted by Crippen LogP contribution is -2.66. The summed E-state index contributed by atoms with van der Waals surface area (Å²) < 4.78 is 12.4. The van der Waals surface area contributed by atoms with E-state index in [1.54, 1.807) is 25.6 Å². The average molecular weight is 464 g/mol. The van der Waals surface area contributed by atoms with Crippen LogP contribution in [0.25, 0.3) is 10.1 Å². The molecule has 4 aliphatic heterocycles. The number of piperidine rings is 3. The molecule has 172 valence electrons. The van der Waals surface area contributed by atoms with Gasteiger partial charge in [0.25, 0.3) is 0 Å². The van der Waals surface area contributed by atoms with Crippen LogP contribution in [0.15, 0.2) is 46.9 Å². The number of nitrogens with zero attached hydrogens (tertiary/aromatic N) is 3. The minimum atomic E-state index is -0.433. The lowest BCUT2D eigenvalue weighted by atomic mass is 9.79. The second-order valence-corrected chi connectivity index (χ2v) is 10.2. The highest BCUT2D eigenvalue weighted by atomic mass is 32.1. The number of fused-ring (bicyclic) bond motifs is 3. The molecule has 3 fully saturated rings. The summed E-state index contributed by atoms with van der Waals surface area (Å²) in [5.74, 6) is 2.98. The number of thiophene rings is 1. The molecule has 0 saturated carbocycles. The first-order valence-electron chi connectivity index (χ1n) is 11.6. The number of methoxy groups -OCH3 is 2. The van der Waals surface area contributed by atoms with Crippen molar-refractivity contribution in [1.29, 1.82) is 0 Å². The largest absolute Gasteiger partial charge is 0.497 e. The van der Waals surface area contributed by atoms with Gasteiger partial charge in [-0.05, 0) is 67.4 Å². The number of amidine groups is 1. The highest BCUT2D eigenvalue weighted by Crippen LogP contribution is 2.46. The third kappa shape index (κ3) is 3.28. The molecule has 2 aromatic carbocycles. The molecule has 1 spiro atoms. The van der Waals surface area contributed by atoms with Crippen LogP contribution in [0.3, 0.4) is 0 Å². The van der Waals surface area contributed by atoms with Gasteiger partial charge in [0.2, 0.25) is 5.72 Å². The fourth-order valence-corrected chi connectivity index (χ4v) is 6.65. The first-order valence-corrected chi connectivity index (χ1v) is 12.4. The second-order valence-electron chi connectivity index (χ2n) is 9.29. The molecule has 0 aliphatic carbocycles. The van der Waals surface area contributed by atoms with Crippen LogP contribution in [0, 0.1) is 12.8 Å². The Bertz CT molecular complexity index is 1230. The molecule has 1 aromatic heterocycles. The van der Waals surface area contributed by atoms with Crippen molar-refractivity contribution in [3.8, 4) is 11.5 Å². The minimum absolute atomic E-state index is 0.433. The summed E-state index contributed by atoms with van der Waals surface area (Å²) in [7, 11) is 3.39. The molecule has 0 amide bonds. The molecule has 7 rings (SSSR count). The summed E-state index contributed by atoms with van der Waals surface area (Å²) in [5.41, 5.74) is 3.09. The van der Waals surface area contributed by atoms with Gasteiger partial charge in [-0.25, -0.2) is 0 Å². The Hall–Kier alpha value is -2.77. The van der Waals surface area contributed by atoms with Crippen molar-refractivity contribution in [3.63, 3.8) is 0 Å². The Morgan fingerprint density at radius 3 is 2.70 bits per heavy atom. The Labute approximate surface area is 198 Å². The average Bonchev–Trinajstić information content (AvgIpc) is 3.40. The lowest BCUT2D eigenvalue weighted by molar-refractivity contribution is -0.198. The third-order valence-electron chi connectivity index (χ3n) is 7.53. The number of hydrogen-bond acceptors (Lipinski definition) is 7. The highest BCUT2D eigenvalue weighted by Gasteiger charge is 2.57. The van der Waals surface area contributed by atoms with Gasteiger partial charge in [0.15, 0.2) is 5.84 Å². The van der Waals surface area contributed by atoms with Crippen molar-refractivity contribution in [2.45, 2.75) is 32.0 Å². The summed E-state index contributed by atoms with van der Waals surface area (Å²) in [6.07, 6.45) is 2.28.